The Bertz CT molecular complexity index is 384. The van der Waals surface area contributed by atoms with Crippen molar-refractivity contribution in [2.45, 2.75) is 25.7 Å². The van der Waals surface area contributed by atoms with Crippen molar-refractivity contribution >= 4 is 5.91 Å². The number of nitrogens with zero attached hydrogens (tertiary/aromatic N) is 1. The molecule has 0 unspecified atom stereocenters. The Labute approximate surface area is 101 Å². The van der Waals surface area contributed by atoms with Crippen LogP contribution in [-0.2, 0) is 11.2 Å². The zero-order valence-corrected chi connectivity index (χ0v) is 10.2. The van der Waals surface area contributed by atoms with Gasteiger partial charge in [-0.05, 0) is 42.9 Å². The number of aryl methyl sites for hydroxylation is 1. The summed E-state index contributed by atoms with van der Waals surface area (Å²) in [6, 6.07) is 6.36. The average Bonchev–Trinajstić information content (AvgIpc) is 3.11. The highest BCUT2D eigenvalue weighted by atomic mass is 19.1. The maximum atomic E-state index is 12.7. The molecule has 17 heavy (non-hydrogen) atoms. The monoisotopic (exact) mass is 235 g/mol. The van der Waals surface area contributed by atoms with Gasteiger partial charge in [0.2, 0.25) is 5.91 Å². The normalized spacial score (nSPS) is 14.7. The Morgan fingerprint density at radius 1 is 1.35 bits per heavy atom. The molecule has 1 amide bonds. The van der Waals surface area contributed by atoms with E-state index in [-0.39, 0.29) is 11.7 Å². The molecule has 0 N–H and O–H groups in total. The highest BCUT2D eigenvalue weighted by molar-refractivity contribution is 5.76. The standard InChI is InChI=1S/C14H18FNO/c1-16(10-12-2-3-12)14(17)9-6-11-4-7-13(15)8-5-11/h4-5,7-8,12H,2-3,6,9-10H2,1H3. The summed E-state index contributed by atoms with van der Waals surface area (Å²) in [5.74, 6) is 0.682. The van der Waals surface area contributed by atoms with Crippen LogP contribution in [-0.4, -0.2) is 24.4 Å². The lowest BCUT2D eigenvalue weighted by Crippen LogP contribution is -2.28. The van der Waals surface area contributed by atoms with E-state index in [4.69, 9.17) is 0 Å². The van der Waals surface area contributed by atoms with E-state index in [9.17, 15) is 9.18 Å². The number of benzene rings is 1. The van der Waals surface area contributed by atoms with Crippen LogP contribution in [0.15, 0.2) is 24.3 Å². The minimum atomic E-state index is -0.231. The first kappa shape index (κ1) is 12.1. The molecule has 2 rings (SSSR count). The molecule has 1 aromatic carbocycles. The first-order chi connectivity index (χ1) is 8.15. The topological polar surface area (TPSA) is 20.3 Å². The summed E-state index contributed by atoms with van der Waals surface area (Å²) < 4.78 is 12.7. The second kappa shape index (κ2) is 5.30. The Balaban J connectivity index is 1.76. The first-order valence-corrected chi connectivity index (χ1v) is 6.13. The highest BCUT2D eigenvalue weighted by Crippen LogP contribution is 2.29. The molecule has 2 nitrogen and oxygen atoms in total. The largest absolute Gasteiger partial charge is 0.345 e. The molecule has 0 atom stereocenters. The van der Waals surface area contributed by atoms with Crippen molar-refractivity contribution in [1.82, 2.24) is 4.90 Å². The van der Waals surface area contributed by atoms with Crippen molar-refractivity contribution in [3.8, 4) is 0 Å². The molecule has 3 heteroatoms. The Morgan fingerprint density at radius 2 is 2.00 bits per heavy atom. The summed E-state index contributed by atoms with van der Waals surface area (Å²) in [7, 11) is 1.87. The fraction of sp³-hybridized carbons (Fsp3) is 0.500. The second-order valence-electron chi connectivity index (χ2n) is 4.84. The second-order valence-corrected chi connectivity index (χ2v) is 4.84. The number of rotatable bonds is 5. The smallest absolute Gasteiger partial charge is 0.222 e. The van der Waals surface area contributed by atoms with Gasteiger partial charge in [0.15, 0.2) is 0 Å². The third-order valence-corrected chi connectivity index (χ3v) is 3.20. The molecule has 0 heterocycles. The van der Waals surface area contributed by atoms with Crippen LogP contribution in [0.5, 0.6) is 0 Å². The van der Waals surface area contributed by atoms with Gasteiger partial charge in [-0.2, -0.15) is 0 Å². The molecular formula is C14H18FNO. The molecule has 1 aromatic rings. The number of hydrogen-bond acceptors (Lipinski definition) is 1. The van der Waals surface area contributed by atoms with Crippen molar-refractivity contribution in [3.05, 3.63) is 35.6 Å². The molecule has 1 fully saturated rings. The summed E-state index contributed by atoms with van der Waals surface area (Å²) >= 11 is 0. The highest BCUT2D eigenvalue weighted by Gasteiger charge is 2.24. The molecule has 0 bridgehead atoms. The van der Waals surface area contributed by atoms with Gasteiger partial charge in [-0.3, -0.25) is 4.79 Å². The number of amides is 1. The van der Waals surface area contributed by atoms with Crippen LogP contribution in [0.1, 0.15) is 24.8 Å². The first-order valence-electron chi connectivity index (χ1n) is 6.13. The summed E-state index contributed by atoms with van der Waals surface area (Å²) in [5.41, 5.74) is 1.01. The lowest BCUT2D eigenvalue weighted by Gasteiger charge is -2.16. The summed E-state index contributed by atoms with van der Waals surface area (Å²) in [5, 5.41) is 0. The lowest BCUT2D eigenvalue weighted by atomic mass is 10.1. The van der Waals surface area contributed by atoms with Crippen LogP contribution < -0.4 is 0 Å². The SMILES string of the molecule is CN(CC1CC1)C(=O)CCc1ccc(F)cc1. The predicted octanol–water partition coefficient (Wildman–Crippen LogP) is 2.63. The van der Waals surface area contributed by atoms with Crippen molar-refractivity contribution in [1.29, 1.82) is 0 Å². The van der Waals surface area contributed by atoms with Crippen LogP contribution in [0.25, 0.3) is 0 Å². The van der Waals surface area contributed by atoms with E-state index in [0.717, 1.165) is 18.0 Å². The van der Waals surface area contributed by atoms with Crippen molar-refractivity contribution < 1.29 is 9.18 Å². The minimum absolute atomic E-state index is 0.182. The average molecular weight is 235 g/mol. The van der Waals surface area contributed by atoms with Gasteiger partial charge >= 0.3 is 0 Å². The van der Waals surface area contributed by atoms with E-state index in [1.165, 1.54) is 25.0 Å². The van der Waals surface area contributed by atoms with Gasteiger partial charge in [-0.1, -0.05) is 12.1 Å². The van der Waals surface area contributed by atoms with Crippen LogP contribution in [0, 0.1) is 11.7 Å². The van der Waals surface area contributed by atoms with Gasteiger partial charge < -0.3 is 4.90 Å². The number of hydrogen-bond donors (Lipinski definition) is 0. The molecule has 1 saturated carbocycles. The van der Waals surface area contributed by atoms with Crippen molar-refractivity contribution in [3.63, 3.8) is 0 Å². The van der Waals surface area contributed by atoms with Crippen LogP contribution in [0.2, 0.25) is 0 Å². The van der Waals surface area contributed by atoms with Crippen LogP contribution >= 0.6 is 0 Å². The van der Waals surface area contributed by atoms with Crippen molar-refractivity contribution in [2.24, 2.45) is 5.92 Å². The molecular weight excluding hydrogens is 217 g/mol. The summed E-state index contributed by atoms with van der Waals surface area (Å²) in [4.78, 5) is 13.6. The zero-order valence-electron chi connectivity index (χ0n) is 10.2. The maximum Gasteiger partial charge on any atom is 0.222 e. The van der Waals surface area contributed by atoms with E-state index in [0.29, 0.717) is 12.8 Å². The molecule has 1 aliphatic rings. The van der Waals surface area contributed by atoms with Crippen LogP contribution in [0.4, 0.5) is 4.39 Å². The Morgan fingerprint density at radius 3 is 2.59 bits per heavy atom. The maximum absolute atomic E-state index is 12.7. The van der Waals surface area contributed by atoms with E-state index in [2.05, 4.69) is 0 Å². The van der Waals surface area contributed by atoms with E-state index < -0.39 is 0 Å². The van der Waals surface area contributed by atoms with E-state index in [1.807, 2.05) is 11.9 Å². The van der Waals surface area contributed by atoms with Gasteiger partial charge in [-0.15, -0.1) is 0 Å². The zero-order chi connectivity index (χ0) is 12.3. The molecule has 0 aliphatic heterocycles. The Kier molecular flexibility index (Phi) is 3.77. The van der Waals surface area contributed by atoms with Gasteiger partial charge in [0, 0.05) is 20.0 Å². The molecule has 0 aromatic heterocycles. The number of halogens is 1. The molecule has 0 spiro atoms. The van der Waals surface area contributed by atoms with Crippen LogP contribution in [0.3, 0.4) is 0 Å². The summed E-state index contributed by atoms with van der Waals surface area (Å²) in [6.07, 6.45) is 3.72. The van der Waals surface area contributed by atoms with E-state index in [1.54, 1.807) is 12.1 Å². The van der Waals surface area contributed by atoms with Gasteiger partial charge in [0.05, 0.1) is 0 Å². The van der Waals surface area contributed by atoms with Gasteiger partial charge in [0.25, 0.3) is 0 Å². The molecule has 1 aliphatic carbocycles. The molecule has 0 radical (unpaired) electrons. The number of carbonyl (C=O) groups excluding carboxylic acids is 1. The summed E-state index contributed by atoms with van der Waals surface area (Å²) in [6.45, 7) is 0.891. The molecule has 92 valence electrons. The van der Waals surface area contributed by atoms with Gasteiger partial charge in [-0.25, -0.2) is 4.39 Å². The quantitative estimate of drug-likeness (QED) is 0.768. The predicted molar refractivity (Wildman–Crippen MR) is 65.1 cm³/mol. The van der Waals surface area contributed by atoms with Crippen molar-refractivity contribution in [2.75, 3.05) is 13.6 Å². The lowest BCUT2D eigenvalue weighted by molar-refractivity contribution is -0.130. The third-order valence-electron chi connectivity index (χ3n) is 3.20. The minimum Gasteiger partial charge on any atom is -0.345 e. The molecule has 0 saturated heterocycles. The van der Waals surface area contributed by atoms with Gasteiger partial charge in [0.1, 0.15) is 5.82 Å². The number of carbonyl (C=O) groups is 1. The third kappa shape index (κ3) is 3.84. The fourth-order valence-corrected chi connectivity index (χ4v) is 1.88. The van der Waals surface area contributed by atoms with E-state index >= 15 is 0 Å². The fourth-order valence-electron chi connectivity index (χ4n) is 1.88. The Hall–Kier alpha value is -1.38.